The Hall–Kier alpha value is -3.54. The molecule has 0 N–H and O–H groups in total. The Morgan fingerprint density at radius 1 is 1.07 bits per heavy atom. The van der Waals surface area contributed by atoms with Gasteiger partial charge in [0.1, 0.15) is 12.2 Å². The van der Waals surface area contributed by atoms with E-state index in [9.17, 15) is 9.59 Å². The fourth-order valence-electron chi connectivity index (χ4n) is 3.60. The Labute approximate surface area is 169 Å². The summed E-state index contributed by atoms with van der Waals surface area (Å²) in [6.45, 7) is 2.46. The molecule has 1 fully saturated rings. The molecule has 3 aromatic rings. The van der Waals surface area contributed by atoms with Crippen LogP contribution in [-0.4, -0.2) is 45.8 Å². The van der Waals surface area contributed by atoms with E-state index in [1.807, 2.05) is 61.5 Å². The summed E-state index contributed by atoms with van der Waals surface area (Å²) < 4.78 is 0. The van der Waals surface area contributed by atoms with E-state index >= 15 is 0 Å². The topological polar surface area (TPSA) is 66.4 Å². The third-order valence-corrected chi connectivity index (χ3v) is 5.14. The van der Waals surface area contributed by atoms with Gasteiger partial charge in [0.05, 0.1) is 12.2 Å². The van der Waals surface area contributed by atoms with E-state index in [-0.39, 0.29) is 30.1 Å². The number of benzene rings is 2. The Kier molecular flexibility index (Phi) is 5.33. The molecule has 6 heteroatoms. The van der Waals surface area contributed by atoms with Crippen molar-refractivity contribution in [2.24, 2.45) is 0 Å². The van der Waals surface area contributed by atoms with Gasteiger partial charge < -0.3 is 9.80 Å². The molecule has 1 atom stereocenters. The lowest BCUT2D eigenvalue weighted by molar-refractivity contribution is -0.121. The smallest absolute Gasteiger partial charge is 0.274 e. The molecule has 2 amide bonds. The first-order valence-corrected chi connectivity index (χ1v) is 9.60. The van der Waals surface area contributed by atoms with E-state index in [1.165, 1.54) is 18.6 Å². The van der Waals surface area contributed by atoms with Crippen molar-refractivity contribution in [1.82, 2.24) is 14.9 Å². The maximum absolute atomic E-state index is 13.1. The minimum absolute atomic E-state index is 0.0147. The van der Waals surface area contributed by atoms with E-state index in [0.717, 1.165) is 16.8 Å². The molecule has 0 bridgehead atoms. The van der Waals surface area contributed by atoms with Crippen molar-refractivity contribution >= 4 is 17.5 Å². The number of amides is 2. The number of piperazine rings is 1. The fourth-order valence-corrected chi connectivity index (χ4v) is 3.60. The molecule has 0 saturated carbocycles. The molecule has 2 aromatic carbocycles. The molecule has 2 heterocycles. The van der Waals surface area contributed by atoms with Gasteiger partial charge in [-0.25, -0.2) is 4.98 Å². The highest BCUT2D eigenvalue weighted by atomic mass is 16.2. The molecule has 0 aliphatic carbocycles. The van der Waals surface area contributed by atoms with E-state index in [0.29, 0.717) is 13.0 Å². The van der Waals surface area contributed by atoms with Crippen LogP contribution >= 0.6 is 0 Å². The van der Waals surface area contributed by atoms with Crippen molar-refractivity contribution in [3.05, 3.63) is 90.0 Å². The minimum Gasteiger partial charge on any atom is -0.323 e. The van der Waals surface area contributed by atoms with Gasteiger partial charge in [0.25, 0.3) is 5.91 Å². The summed E-state index contributed by atoms with van der Waals surface area (Å²) in [6, 6.07) is 17.7. The van der Waals surface area contributed by atoms with E-state index in [2.05, 4.69) is 9.97 Å². The van der Waals surface area contributed by atoms with Crippen LogP contribution in [0.1, 0.15) is 21.6 Å². The lowest BCUT2D eigenvalue weighted by Gasteiger charge is -2.41. The maximum atomic E-state index is 13.1. The van der Waals surface area contributed by atoms with Crippen molar-refractivity contribution in [1.29, 1.82) is 0 Å². The molecule has 29 heavy (non-hydrogen) atoms. The summed E-state index contributed by atoms with van der Waals surface area (Å²) >= 11 is 0. The largest absolute Gasteiger partial charge is 0.323 e. The molecular formula is C23H22N4O2. The second-order valence-corrected chi connectivity index (χ2v) is 7.21. The van der Waals surface area contributed by atoms with Crippen molar-refractivity contribution in [2.75, 3.05) is 18.0 Å². The summed E-state index contributed by atoms with van der Waals surface area (Å²) in [5.41, 5.74) is 3.36. The highest BCUT2D eigenvalue weighted by Gasteiger charge is 2.36. The van der Waals surface area contributed by atoms with Crippen LogP contribution in [0.5, 0.6) is 0 Å². The summed E-state index contributed by atoms with van der Waals surface area (Å²) in [6.07, 6.45) is 5.11. The van der Waals surface area contributed by atoms with Gasteiger partial charge in [-0.05, 0) is 31.0 Å². The van der Waals surface area contributed by atoms with Crippen LogP contribution in [0.3, 0.4) is 0 Å². The highest BCUT2D eigenvalue weighted by molar-refractivity contribution is 6.01. The van der Waals surface area contributed by atoms with Gasteiger partial charge >= 0.3 is 0 Å². The zero-order valence-electron chi connectivity index (χ0n) is 16.2. The first-order chi connectivity index (χ1) is 14.1. The third kappa shape index (κ3) is 4.16. The lowest BCUT2D eigenvalue weighted by Crippen LogP contribution is -2.59. The first-order valence-electron chi connectivity index (χ1n) is 9.60. The van der Waals surface area contributed by atoms with Crippen molar-refractivity contribution in [2.45, 2.75) is 19.4 Å². The fraction of sp³-hybridized carbons (Fsp3) is 0.217. The molecule has 0 radical (unpaired) electrons. The van der Waals surface area contributed by atoms with Crippen LogP contribution in [0.2, 0.25) is 0 Å². The highest BCUT2D eigenvalue weighted by Crippen LogP contribution is 2.23. The van der Waals surface area contributed by atoms with E-state index < -0.39 is 0 Å². The molecule has 1 aliphatic heterocycles. The predicted molar refractivity (Wildman–Crippen MR) is 111 cm³/mol. The Bertz CT molecular complexity index is 990. The predicted octanol–water partition coefficient (Wildman–Crippen LogP) is 2.89. The van der Waals surface area contributed by atoms with Gasteiger partial charge in [-0.15, -0.1) is 0 Å². The molecule has 0 spiro atoms. The van der Waals surface area contributed by atoms with Gasteiger partial charge in [0, 0.05) is 24.6 Å². The molecule has 6 nitrogen and oxygen atoms in total. The summed E-state index contributed by atoms with van der Waals surface area (Å²) in [5, 5.41) is 0. The van der Waals surface area contributed by atoms with Crippen molar-refractivity contribution < 1.29 is 9.59 Å². The third-order valence-electron chi connectivity index (χ3n) is 5.14. The Morgan fingerprint density at radius 2 is 1.83 bits per heavy atom. The zero-order chi connectivity index (χ0) is 20.2. The maximum Gasteiger partial charge on any atom is 0.274 e. The molecule has 1 aromatic heterocycles. The number of rotatable bonds is 4. The Morgan fingerprint density at radius 3 is 2.52 bits per heavy atom. The Balaban J connectivity index is 1.64. The summed E-state index contributed by atoms with van der Waals surface area (Å²) in [7, 11) is 0. The molecular weight excluding hydrogens is 364 g/mol. The molecule has 4 rings (SSSR count). The number of carbonyl (C=O) groups is 2. The standard InChI is InChI=1S/C23H22N4O2/c1-17-7-9-19(10-8-17)26-15-20(13-18-5-3-2-4-6-18)27(16-22(26)28)23(29)21-14-24-11-12-25-21/h2-12,14,20H,13,15-16H2,1H3/t20-/m0/s1. The van der Waals surface area contributed by atoms with Gasteiger partial charge in [-0.3, -0.25) is 14.6 Å². The average molecular weight is 386 g/mol. The number of carbonyl (C=O) groups excluding carboxylic acids is 2. The van der Waals surface area contributed by atoms with Crippen LogP contribution in [0, 0.1) is 6.92 Å². The SMILES string of the molecule is Cc1ccc(N2C[C@H](Cc3ccccc3)N(C(=O)c3cnccn3)CC2=O)cc1. The monoisotopic (exact) mass is 386 g/mol. The van der Waals surface area contributed by atoms with E-state index in [1.54, 1.807) is 9.80 Å². The van der Waals surface area contributed by atoms with Crippen LogP contribution < -0.4 is 4.90 Å². The molecule has 146 valence electrons. The van der Waals surface area contributed by atoms with Gasteiger partial charge in [0.15, 0.2) is 0 Å². The van der Waals surface area contributed by atoms with E-state index in [4.69, 9.17) is 0 Å². The quantitative estimate of drug-likeness (QED) is 0.692. The van der Waals surface area contributed by atoms with Gasteiger partial charge in [-0.2, -0.15) is 0 Å². The average Bonchev–Trinajstić information content (AvgIpc) is 2.76. The summed E-state index contributed by atoms with van der Waals surface area (Å²) in [5.74, 6) is -0.369. The number of nitrogens with zero attached hydrogens (tertiary/aromatic N) is 4. The van der Waals surface area contributed by atoms with Gasteiger partial charge in [0.2, 0.25) is 5.91 Å². The van der Waals surface area contributed by atoms with Crippen LogP contribution in [0.25, 0.3) is 0 Å². The van der Waals surface area contributed by atoms with Crippen LogP contribution in [0.15, 0.2) is 73.2 Å². The molecule has 1 saturated heterocycles. The van der Waals surface area contributed by atoms with Crippen molar-refractivity contribution in [3.63, 3.8) is 0 Å². The molecule has 1 aliphatic rings. The number of aryl methyl sites for hydroxylation is 1. The summed E-state index contributed by atoms with van der Waals surface area (Å²) in [4.78, 5) is 37.5. The zero-order valence-corrected chi connectivity index (χ0v) is 16.2. The normalized spacial score (nSPS) is 16.7. The number of hydrogen-bond donors (Lipinski definition) is 0. The van der Waals surface area contributed by atoms with Gasteiger partial charge in [-0.1, -0.05) is 48.0 Å². The van der Waals surface area contributed by atoms with Crippen molar-refractivity contribution in [3.8, 4) is 0 Å². The molecule has 0 unspecified atom stereocenters. The number of hydrogen-bond acceptors (Lipinski definition) is 4. The number of aromatic nitrogens is 2. The first kappa shape index (κ1) is 18.8. The minimum atomic E-state index is -0.268. The number of anilines is 1. The second-order valence-electron chi connectivity index (χ2n) is 7.21. The van der Waals surface area contributed by atoms with Crippen LogP contribution in [-0.2, 0) is 11.2 Å². The van der Waals surface area contributed by atoms with Crippen LogP contribution in [0.4, 0.5) is 5.69 Å². The lowest BCUT2D eigenvalue weighted by atomic mass is 10.0. The second kappa shape index (κ2) is 8.22.